The van der Waals surface area contributed by atoms with Crippen LogP contribution < -0.4 is 5.73 Å². The predicted octanol–water partition coefficient (Wildman–Crippen LogP) is 4.23. The van der Waals surface area contributed by atoms with Crippen molar-refractivity contribution in [2.75, 3.05) is 5.73 Å². The normalized spacial score (nSPS) is 10.8. The third-order valence-corrected chi connectivity index (χ3v) is 3.96. The summed E-state index contributed by atoms with van der Waals surface area (Å²) in [4.78, 5) is 2.68. The Morgan fingerprint density at radius 3 is 2.06 bits per heavy atom. The highest BCUT2D eigenvalue weighted by Gasteiger charge is 2.10. The van der Waals surface area contributed by atoms with Crippen LogP contribution in [0.1, 0.15) is 20.9 Å². The highest BCUT2D eigenvalue weighted by atomic mass is 32.1. The molecule has 2 aromatic rings. The molecule has 1 aromatic carbocycles. The monoisotopic (exact) mass is 231 g/mol. The van der Waals surface area contributed by atoms with Gasteiger partial charge in [-0.25, -0.2) is 0 Å². The molecule has 84 valence electrons. The van der Waals surface area contributed by atoms with Crippen LogP contribution >= 0.6 is 11.3 Å². The van der Waals surface area contributed by atoms with Gasteiger partial charge in [-0.05, 0) is 62.6 Å². The second kappa shape index (κ2) is 3.95. The summed E-state index contributed by atoms with van der Waals surface area (Å²) in [7, 11) is 0. The minimum atomic E-state index is 0.879. The molecule has 0 saturated carbocycles. The molecule has 0 unspecified atom stereocenters. The molecule has 0 fully saturated rings. The number of benzene rings is 1. The van der Waals surface area contributed by atoms with E-state index in [1.165, 1.54) is 32.0 Å². The van der Waals surface area contributed by atoms with Crippen LogP contribution in [0.2, 0.25) is 0 Å². The summed E-state index contributed by atoms with van der Waals surface area (Å²) in [6.07, 6.45) is 0. The average molecular weight is 231 g/mol. The van der Waals surface area contributed by atoms with Crippen molar-refractivity contribution >= 4 is 17.0 Å². The zero-order valence-corrected chi connectivity index (χ0v) is 11.0. The van der Waals surface area contributed by atoms with E-state index in [1.807, 2.05) is 11.3 Å². The van der Waals surface area contributed by atoms with Gasteiger partial charge in [0.2, 0.25) is 0 Å². The van der Waals surface area contributed by atoms with Gasteiger partial charge in [-0.2, -0.15) is 0 Å². The van der Waals surface area contributed by atoms with Crippen molar-refractivity contribution in [3.63, 3.8) is 0 Å². The summed E-state index contributed by atoms with van der Waals surface area (Å²) >= 11 is 1.83. The van der Waals surface area contributed by atoms with E-state index >= 15 is 0 Å². The van der Waals surface area contributed by atoms with E-state index in [0.29, 0.717) is 0 Å². The van der Waals surface area contributed by atoms with Gasteiger partial charge in [0.15, 0.2) is 0 Å². The van der Waals surface area contributed by atoms with Gasteiger partial charge in [0.05, 0.1) is 0 Å². The summed E-state index contributed by atoms with van der Waals surface area (Å²) in [5.41, 5.74) is 12.0. The van der Waals surface area contributed by atoms with Crippen LogP contribution in [0.5, 0.6) is 0 Å². The van der Waals surface area contributed by atoms with Crippen molar-refractivity contribution in [2.45, 2.75) is 27.7 Å². The number of hydrogen-bond acceptors (Lipinski definition) is 2. The van der Waals surface area contributed by atoms with E-state index in [9.17, 15) is 0 Å². The van der Waals surface area contributed by atoms with Crippen LogP contribution in [0.3, 0.4) is 0 Å². The van der Waals surface area contributed by atoms with Crippen LogP contribution in [-0.4, -0.2) is 0 Å². The first kappa shape index (κ1) is 11.2. The molecular weight excluding hydrogens is 214 g/mol. The number of anilines is 1. The molecule has 0 aliphatic heterocycles. The number of nitrogen functional groups attached to an aromatic ring is 1. The number of hydrogen-bond donors (Lipinski definition) is 1. The summed E-state index contributed by atoms with van der Waals surface area (Å²) in [6.45, 7) is 8.52. The lowest BCUT2D eigenvalue weighted by molar-refractivity contribution is 1.34. The Bertz CT molecular complexity index is 538. The third-order valence-electron chi connectivity index (χ3n) is 3.00. The van der Waals surface area contributed by atoms with Gasteiger partial charge in [0.1, 0.15) is 0 Å². The lowest BCUT2D eigenvalue weighted by Crippen LogP contribution is -1.93. The van der Waals surface area contributed by atoms with Gasteiger partial charge in [0.25, 0.3) is 0 Å². The zero-order chi connectivity index (χ0) is 11.9. The molecule has 2 heteroatoms. The van der Waals surface area contributed by atoms with Gasteiger partial charge in [-0.15, -0.1) is 11.3 Å². The van der Waals surface area contributed by atoms with E-state index in [2.05, 4.69) is 45.9 Å². The molecule has 0 atom stereocenters. The Kier molecular flexibility index (Phi) is 2.76. The molecule has 0 saturated heterocycles. The Morgan fingerprint density at radius 2 is 1.50 bits per heavy atom. The first-order chi connectivity index (χ1) is 7.49. The van der Waals surface area contributed by atoms with Crippen molar-refractivity contribution in [2.24, 2.45) is 0 Å². The SMILES string of the molecule is Cc1cc(-c2cc(C)c(C)cc2N)c(C)s1. The van der Waals surface area contributed by atoms with Crippen LogP contribution in [0.4, 0.5) is 5.69 Å². The molecule has 2 rings (SSSR count). The molecular formula is C14H17NS. The van der Waals surface area contributed by atoms with Crippen LogP contribution in [0, 0.1) is 27.7 Å². The van der Waals surface area contributed by atoms with Crippen LogP contribution in [0.25, 0.3) is 11.1 Å². The molecule has 1 heterocycles. The van der Waals surface area contributed by atoms with E-state index in [0.717, 1.165) is 5.69 Å². The Morgan fingerprint density at radius 1 is 0.875 bits per heavy atom. The molecule has 0 aliphatic rings. The summed E-state index contributed by atoms with van der Waals surface area (Å²) < 4.78 is 0. The maximum absolute atomic E-state index is 6.11. The topological polar surface area (TPSA) is 26.0 Å². The van der Waals surface area contributed by atoms with Crippen LogP contribution in [-0.2, 0) is 0 Å². The number of nitrogens with two attached hydrogens (primary N) is 1. The van der Waals surface area contributed by atoms with E-state index in [1.54, 1.807) is 0 Å². The highest BCUT2D eigenvalue weighted by Crippen LogP contribution is 2.35. The number of rotatable bonds is 1. The van der Waals surface area contributed by atoms with Crippen LogP contribution in [0.15, 0.2) is 18.2 Å². The van der Waals surface area contributed by atoms with Gasteiger partial charge < -0.3 is 5.73 Å². The number of thiophene rings is 1. The smallest absolute Gasteiger partial charge is 0.0396 e. The third kappa shape index (κ3) is 1.85. The van der Waals surface area contributed by atoms with E-state index in [4.69, 9.17) is 5.73 Å². The van der Waals surface area contributed by atoms with E-state index < -0.39 is 0 Å². The molecule has 1 aromatic heterocycles. The van der Waals surface area contributed by atoms with Crippen molar-refractivity contribution in [1.82, 2.24) is 0 Å². The first-order valence-corrected chi connectivity index (χ1v) is 6.25. The summed E-state index contributed by atoms with van der Waals surface area (Å²) in [6, 6.07) is 6.48. The summed E-state index contributed by atoms with van der Waals surface area (Å²) in [5, 5.41) is 0. The molecule has 0 amide bonds. The molecule has 0 aliphatic carbocycles. The average Bonchev–Trinajstić information content (AvgIpc) is 2.51. The maximum Gasteiger partial charge on any atom is 0.0396 e. The Balaban J connectivity index is 2.64. The highest BCUT2D eigenvalue weighted by molar-refractivity contribution is 7.12. The Hall–Kier alpha value is -1.28. The second-order valence-corrected chi connectivity index (χ2v) is 5.81. The zero-order valence-electron chi connectivity index (χ0n) is 10.2. The molecule has 0 bridgehead atoms. The maximum atomic E-state index is 6.11. The van der Waals surface area contributed by atoms with Crippen molar-refractivity contribution in [3.05, 3.63) is 39.1 Å². The quantitative estimate of drug-likeness (QED) is 0.730. The lowest BCUT2D eigenvalue weighted by Gasteiger charge is -2.09. The van der Waals surface area contributed by atoms with Gasteiger partial charge >= 0.3 is 0 Å². The van der Waals surface area contributed by atoms with Gasteiger partial charge in [-0.1, -0.05) is 0 Å². The fourth-order valence-electron chi connectivity index (χ4n) is 1.97. The number of aryl methyl sites for hydroxylation is 4. The molecule has 0 radical (unpaired) electrons. The predicted molar refractivity (Wildman–Crippen MR) is 73.1 cm³/mol. The Labute approximate surface area is 101 Å². The van der Waals surface area contributed by atoms with Crippen molar-refractivity contribution < 1.29 is 0 Å². The molecule has 1 nitrogen and oxygen atoms in total. The van der Waals surface area contributed by atoms with E-state index in [-0.39, 0.29) is 0 Å². The lowest BCUT2D eigenvalue weighted by atomic mass is 9.99. The van der Waals surface area contributed by atoms with Crippen molar-refractivity contribution in [1.29, 1.82) is 0 Å². The first-order valence-electron chi connectivity index (χ1n) is 5.43. The minimum Gasteiger partial charge on any atom is -0.398 e. The fourth-order valence-corrected chi connectivity index (χ4v) is 2.91. The van der Waals surface area contributed by atoms with Crippen molar-refractivity contribution in [3.8, 4) is 11.1 Å². The largest absolute Gasteiger partial charge is 0.398 e. The molecule has 0 spiro atoms. The standard InChI is InChI=1S/C14H17NS/c1-8-5-13(14(15)6-9(8)2)12-7-10(3)16-11(12)4/h5-7H,15H2,1-4H3. The minimum absolute atomic E-state index is 0.879. The summed E-state index contributed by atoms with van der Waals surface area (Å²) in [5.74, 6) is 0. The molecule has 2 N–H and O–H groups in total. The molecule has 16 heavy (non-hydrogen) atoms. The second-order valence-electron chi connectivity index (χ2n) is 4.35. The van der Waals surface area contributed by atoms with Gasteiger partial charge in [-0.3, -0.25) is 0 Å². The fraction of sp³-hybridized carbons (Fsp3) is 0.286. The van der Waals surface area contributed by atoms with Gasteiger partial charge in [0, 0.05) is 21.0 Å².